The fraction of sp³-hybridized carbons (Fsp3) is 0.308. The Morgan fingerprint density at radius 1 is 1.21 bits per heavy atom. The van der Waals surface area contributed by atoms with E-state index in [0.717, 1.165) is 22.8 Å². The molecular weight excluding hydrogens is 242 g/mol. The molecule has 0 aliphatic heterocycles. The minimum atomic E-state index is 0.471. The molecule has 0 aliphatic rings. The second-order valence-corrected chi connectivity index (χ2v) is 4.10. The van der Waals surface area contributed by atoms with Crippen LogP contribution in [0.1, 0.15) is 11.4 Å². The molecule has 0 bridgehead atoms. The van der Waals surface area contributed by atoms with Gasteiger partial charge in [0.1, 0.15) is 12.4 Å². The smallest absolute Gasteiger partial charge is 0.247 e. The first-order chi connectivity index (χ1) is 9.19. The summed E-state index contributed by atoms with van der Waals surface area (Å²) in [5.41, 5.74) is 7.93. The first-order valence-electron chi connectivity index (χ1n) is 6.07. The van der Waals surface area contributed by atoms with Crippen LogP contribution >= 0.6 is 0 Å². The van der Waals surface area contributed by atoms with Gasteiger partial charge in [0.2, 0.25) is 5.95 Å². The Morgan fingerprint density at radius 2 is 2.05 bits per heavy atom. The Hall–Kier alpha value is -2.21. The molecule has 0 amide bonds. The van der Waals surface area contributed by atoms with Crippen molar-refractivity contribution < 1.29 is 4.74 Å². The number of aryl methyl sites for hydroxylation is 2. The highest BCUT2D eigenvalue weighted by Crippen LogP contribution is 2.19. The molecule has 0 saturated carbocycles. The predicted octanol–water partition coefficient (Wildman–Crippen LogP) is 1.57. The SMILES string of the molecule is Cc1nnc(Nc2cccc(OCCN)c2)nc1C. The fourth-order valence-corrected chi connectivity index (χ4v) is 1.48. The zero-order valence-electron chi connectivity index (χ0n) is 11.1. The fourth-order valence-electron chi connectivity index (χ4n) is 1.48. The normalized spacial score (nSPS) is 10.3. The number of hydrogen-bond acceptors (Lipinski definition) is 6. The molecule has 6 nitrogen and oxygen atoms in total. The van der Waals surface area contributed by atoms with E-state index in [2.05, 4.69) is 20.5 Å². The van der Waals surface area contributed by atoms with Crippen LogP contribution in [-0.2, 0) is 0 Å². The van der Waals surface area contributed by atoms with Gasteiger partial charge < -0.3 is 15.8 Å². The standard InChI is InChI=1S/C13H17N5O/c1-9-10(2)17-18-13(15-9)16-11-4-3-5-12(8-11)19-7-6-14/h3-5,8H,6-7,14H2,1-2H3,(H,15,16,18). The Kier molecular flexibility index (Phi) is 4.25. The lowest BCUT2D eigenvalue weighted by Gasteiger charge is -2.08. The van der Waals surface area contributed by atoms with Gasteiger partial charge in [-0.3, -0.25) is 0 Å². The summed E-state index contributed by atoms with van der Waals surface area (Å²) < 4.78 is 5.45. The lowest BCUT2D eigenvalue weighted by atomic mass is 10.3. The number of ether oxygens (including phenoxy) is 1. The van der Waals surface area contributed by atoms with E-state index in [-0.39, 0.29) is 0 Å². The van der Waals surface area contributed by atoms with Crippen molar-refractivity contribution in [2.45, 2.75) is 13.8 Å². The summed E-state index contributed by atoms with van der Waals surface area (Å²) in [5, 5.41) is 11.1. The molecule has 0 radical (unpaired) electrons. The van der Waals surface area contributed by atoms with Crippen molar-refractivity contribution in [1.29, 1.82) is 0 Å². The van der Waals surface area contributed by atoms with Crippen LogP contribution < -0.4 is 15.8 Å². The second-order valence-electron chi connectivity index (χ2n) is 4.10. The van der Waals surface area contributed by atoms with E-state index in [1.165, 1.54) is 0 Å². The van der Waals surface area contributed by atoms with Gasteiger partial charge in [-0.25, -0.2) is 4.98 Å². The second kappa shape index (κ2) is 6.10. The van der Waals surface area contributed by atoms with Gasteiger partial charge in [-0.15, -0.1) is 5.10 Å². The zero-order valence-corrected chi connectivity index (χ0v) is 11.1. The predicted molar refractivity (Wildman–Crippen MR) is 73.6 cm³/mol. The van der Waals surface area contributed by atoms with Crippen LogP contribution in [0.4, 0.5) is 11.6 Å². The molecular formula is C13H17N5O. The minimum absolute atomic E-state index is 0.471. The van der Waals surface area contributed by atoms with Gasteiger partial charge in [-0.2, -0.15) is 5.10 Å². The zero-order chi connectivity index (χ0) is 13.7. The number of benzene rings is 1. The van der Waals surface area contributed by atoms with Crippen molar-refractivity contribution >= 4 is 11.6 Å². The van der Waals surface area contributed by atoms with E-state index >= 15 is 0 Å². The Labute approximate surface area is 112 Å². The van der Waals surface area contributed by atoms with Crippen molar-refractivity contribution in [3.63, 3.8) is 0 Å². The molecule has 1 aromatic carbocycles. The maximum Gasteiger partial charge on any atom is 0.247 e. The molecule has 0 saturated heterocycles. The summed E-state index contributed by atoms with van der Waals surface area (Å²) in [6.07, 6.45) is 0. The van der Waals surface area contributed by atoms with Gasteiger partial charge in [0, 0.05) is 18.3 Å². The molecule has 1 heterocycles. The third kappa shape index (κ3) is 3.62. The number of hydrogen-bond donors (Lipinski definition) is 2. The van der Waals surface area contributed by atoms with Crippen LogP contribution in [0.5, 0.6) is 5.75 Å². The molecule has 0 spiro atoms. The van der Waals surface area contributed by atoms with Gasteiger partial charge in [0.05, 0.1) is 11.4 Å². The van der Waals surface area contributed by atoms with Crippen LogP contribution in [0.25, 0.3) is 0 Å². The van der Waals surface area contributed by atoms with Crippen LogP contribution in [0.2, 0.25) is 0 Å². The molecule has 6 heteroatoms. The minimum Gasteiger partial charge on any atom is -0.492 e. The Balaban J connectivity index is 2.11. The molecule has 2 rings (SSSR count). The first-order valence-corrected chi connectivity index (χ1v) is 6.07. The van der Waals surface area contributed by atoms with E-state index in [0.29, 0.717) is 19.1 Å². The highest BCUT2D eigenvalue weighted by atomic mass is 16.5. The molecule has 19 heavy (non-hydrogen) atoms. The van der Waals surface area contributed by atoms with Crippen LogP contribution in [0.15, 0.2) is 24.3 Å². The highest BCUT2D eigenvalue weighted by molar-refractivity contribution is 5.55. The third-order valence-electron chi connectivity index (χ3n) is 2.57. The monoisotopic (exact) mass is 259 g/mol. The summed E-state index contributed by atoms with van der Waals surface area (Å²) in [4.78, 5) is 4.31. The highest BCUT2D eigenvalue weighted by Gasteiger charge is 2.03. The van der Waals surface area contributed by atoms with Gasteiger partial charge in [0.15, 0.2) is 0 Å². The number of anilines is 2. The molecule has 0 fully saturated rings. The lowest BCUT2D eigenvalue weighted by Crippen LogP contribution is -2.10. The number of nitrogens with one attached hydrogen (secondary N) is 1. The van der Waals surface area contributed by atoms with Crippen molar-refractivity contribution in [3.05, 3.63) is 35.7 Å². The summed E-state index contributed by atoms with van der Waals surface area (Å²) in [5.74, 6) is 1.23. The average molecular weight is 259 g/mol. The molecule has 2 aromatic rings. The van der Waals surface area contributed by atoms with Gasteiger partial charge in [-0.05, 0) is 26.0 Å². The van der Waals surface area contributed by atoms with Gasteiger partial charge in [0.25, 0.3) is 0 Å². The van der Waals surface area contributed by atoms with Crippen LogP contribution in [-0.4, -0.2) is 28.3 Å². The van der Waals surface area contributed by atoms with Gasteiger partial charge in [-0.1, -0.05) is 6.07 Å². The Morgan fingerprint density at radius 3 is 2.79 bits per heavy atom. The summed E-state index contributed by atoms with van der Waals surface area (Å²) in [6.45, 7) is 4.75. The summed E-state index contributed by atoms with van der Waals surface area (Å²) >= 11 is 0. The van der Waals surface area contributed by atoms with Crippen LogP contribution in [0, 0.1) is 13.8 Å². The number of aromatic nitrogens is 3. The Bertz CT molecular complexity index is 558. The topological polar surface area (TPSA) is 86.0 Å². The largest absolute Gasteiger partial charge is 0.492 e. The molecule has 0 unspecified atom stereocenters. The third-order valence-corrected chi connectivity index (χ3v) is 2.57. The number of nitrogens with two attached hydrogens (primary N) is 1. The average Bonchev–Trinajstić information content (AvgIpc) is 2.41. The van der Waals surface area contributed by atoms with E-state index in [9.17, 15) is 0 Å². The number of rotatable bonds is 5. The maximum atomic E-state index is 5.45. The van der Waals surface area contributed by atoms with Crippen molar-refractivity contribution in [1.82, 2.24) is 15.2 Å². The quantitative estimate of drug-likeness (QED) is 0.847. The summed E-state index contributed by atoms with van der Waals surface area (Å²) in [6, 6.07) is 7.55. The molecule has 0 aliphatic carbocycles. The van der Waals surface area contributed by atoms with Gasteiger partial charge >= 0.3 is 0 Å². The molecule has 1 aromatic heterocycles. The summed E-state index contributed by atoms with van der Waals surface area (Å²) in [7, 11) is 0. The lowest BCUT2D eigenvalue weighted by molar-refractivity contribution is 0.328. The molecule has 0 atom stereocenters. The first kappa shape index (κ1) is 13.2. The van der Waals surface area contributed by atoms with E-state index < -0.39 is 0 Å². The molecule has 100 valence electrons. The van der Waals surface area contributed by atoms with E-state index in [1.807, 2.05) is 38.1 Å². The maximum absolute atomic E-state index is 5.45. The van der Waals surface area contributed by atoms with E-state index in [1.54, 1.807) is 0 Å². The van der Waals surface area contributed by atoms with Crippen LogP contribution in [0.3, 0.4) is 0 Å². The van der Waals surface area contributed by atoms with Crippen molar-refractivity contribution in [3.8, 4) is 5.75 Å². The molecule has 3 N–H and O–H groups in total. The number of nitrogens with zero attached hydrogens (tertiary/aromatic N) is 3. The van der Waals surface area contributed by atoms with Crippen molar-refractivity contribution in [2.24, 2.45) is 5.73 Å². The van der Waals surface area contributed by atoms with E-state index in [4.69, 9.17) is 10.5 Å². The van der Waals surface area contributed by atoms with Crippen molar-refractivity contribution in [2.75, 3.05) is 18.5 Å².